The lowest BCUT2D eigenvalue weighted by Gasteiger charge is -2.10. The van der Waals surface area contributed by atoms with Gasteiger partial charge in [-0.1, -0.05) is 15.9 Å². The predicted octanol–water partition coefficient (Wildman–Crippen LogP) is 2.73. The van der Waals surface area contributed by atoms with Gasteiger partial charge >= 0.3 is 0 Å². The molecular weight excluding hydrogens is 301 g/mol. The number of anilines is 2. The highest BCUT2D eigenvalue weighted by atomic mass is 79.9. The summed E-state index contributed by atoms with van der Waals surface area (Å²) < 4.78 is 15.5. The van der Waals surface area contributed by atoms with Crippen LogP contribution in [0.5, 0.6) is 0 Å². The van der Waals surface area contributed by atoms with Crippen LogP contribution in [0, 0.1) is 12.7 Å². The molecule has 4 nitrogen and oxygen atoms in total. The number of hydrogen-bond acceptors (Lipinski definition) is 3. The number of rotatable bonds is 2. The number of benzene rings is 1. The number of nitrogens with one attached hydrogen (secondary N) is 1. The Morgan fingerprint density at radius 1 is 1.39 bits per heavy atom. The average molecular weight is 312 g/mol. The first-order valence-electron chi connectivity index (χ1n) is 5.24. The second kappa shape index (κ2) is 4.89. The van der Waals surface area contributed by atoms with E-state index < -0.39 is 5.82 Å². The first-order valence-corrected chi connectivity index (χ1v) is 6.03. The van der Waals surface area contributed by atoms with E-state index in [1.807, 2.05) is 0 Å². The third-order valence-electron chi connectivity index (χ3n) is 2.58. The fourth-order valence-electron chi connectivity index (χ4n) is 1.51. The summed E-state index contributed by atoms with van der Waals surface area (Å²) in [6.07, 6.45) is 1.50. The molecule has 1 aromatic heterocycles. The maximum Gasteiger partial charge on any atom is 0.271 e. The molecule has 0 saturated carbocycles. The van der Waals surface area contributed by atoms with Crippen molar-refractivity contribution in [3.05, 3.63) is 50.6 Å². The van der Waals surface area contributed by atoms with Crippen LogP contribution in [0.15, 0.2) is 33.7 Å². The summed E-state index contributed by atoms with van der Waals surface area (Å²) in [5, 5.41) is 6.76. The second-order valence-corrected chi connectivity index (χ2v) is 4.78. The van der Waals surface area contributed by atoms with Crippen LogP contribution in [0.1, 0.15) is 5.56 Å². The van der Waals surface area contributed by atoms with Crippen molar-refractivity contribution >= 4 is 27.3 Å². The van der Waals surface area contributed by atoms with Crippen LogP contribution in [0.25, 0.3) is 0 Å². The van der Waals surface area contributed by atoms with Gasteiger partial charge in [0.05, 0.1) is 17.6 Å². The van der Waals surface area contributed by atoms with E-state index in [9.17, 15) is 9.18 Å². The summed E-state index contributed by atoms with van der Waals surface area (Å²) >= 11 is 3.18. The van der Waals surface area contributed by atoms with Crippen molar-refractivity contribution in [2.75, 3.05) is 5.32 Å². The molecule has 0 saturated heterocycles. The van der Waals surface area contributed by atoms with E-state index in [2.05, 4.69) is 26.3 Å². The van der Waals surface area contributed by atoms with E-state index in [0.29, 0.717) is 21.4 Å². The molecule has 2 aromatic rings. The Balaban J connectivity index is 2.40. The van der Waals surface area contributed by atoms with Crippen molar-refractivity contribution in [3.8, 4) is 0 Å². The predicted molar refractivity (Wildman–Crippen MR) is 71.6 cm³/mol. The lowest BCUT2D eigenvalue weighted by Crippen LogP contribution is -2.22. The fraction of sp³-hybridized carbons (Fsp3) is 0.167. The molecule has 0 amide bonds. The molecule has 1 heterocycles. The van der Waals surface area contributed by atoms with Gasteiger partial charge in [0.2, 0.25) is 0 Å². The Kier molecular flexibility index (Phi) is 3.47. The van der Waals surface area contributed by atoms with Crippen LogP contribution in [0.4, 0.5) is 15.8 Å². The van der Waals surface area contributed by atoms with Gasteiger partial charge in [-0.25, -0.2) is 9.07 Å². The molecule has 0 fully saturated rings. The fourth-order valence-corrected chi connectivity index (χ4v) is 1.85. The molecule has 0 atom stereocenters. The smallest absolute Gasteiger partial charge is 0.271 e. The zero-order valence-corrected chi connectivity index (χ0v) is 11.5. The molecule has 0 aliphatic heterocycles. The van der Waals surface area contributed by atoms with E-state index in [0.717, 1.165) is 0 Å². The van der Waals surface area contributed by atoms with E-state index >= 15 is 0 Å². The van der Waals surface area contributed by atoms with Crippen molar-refractivity contribution in [1.82, 2.24) is 9.78 Å². The van der Waals surface area contributed by atoms with Crippen molar-refractivity contribution in [3.63, 3.8) is 0 Å². The number of aryl methyl sites for hydroxylation is 1. The molecular formula is C12H11BrFN3O. The Bertz CT molecular complexity index is 654. The summed E-state index contributed by atoms with van der Waals surface area (Å²) in [5.41, 5.74) is 1.09. The molecule has 0 aliphatic rings. The minimum Gasteiger partial charge on any atom is -0.351 e. The maximum atomic E-state index is 13.7. The van der Waals surface area contributed by atoms with Crippen LogP contribution < -0.4 is 10.9 Å². The van der Waals surface area contributed by atoms with Crippen molar-refractivity contribution in [2.45, 2.75) is 6.92 Å². The van der Waals surface area contributed by atoms with Crippen molar-refractivity contribution < 1.29 is 4.39 Å². The first-order chi connectivity index (χ1) is 8.49. The molecule has 18 heavy (non-hydrogen) atoms. The standard InChI is InChI=1S/C12H11BrFN3O/c1-7-11(6-15-17(2)12(7)18)16-10-4-3-8(13)5-9(10)14/h3-6,16H,1-2H3. The summed E-state index contributed by atoms with van der Waals surface area (Å²) in [6, 6.07) is 4.66. The minimum atomic E-state index is -0.399. The summed E-state index contributed by atoms with van der Waals surface area (Å²) in [7, 11) is 1.57. The first kappa shape index (κ1) is 12.8. The van der Waals surface area contributed by atoms with Gasteiger partial charge in [-0.05, 0) is 25.1 Å². The molecule has 2 rings (SSSR count). The molecule has 0 radical (unpaired) electrons. The Labute approximate surface area is 112 Å². The molecule has 0 aliphatic carbocycles. The van der Waals surface area contributed by atoms with Crippen molar-refractivity contribution in [2.24, 2.45) is 7.05 Å². The Morgan fingerprint density at radius 3 is 2.78 bits per heavy atom. The van der Waals surface area contributed by atoms with Gasteiger partial charge in [-0.3, -0.25) is 4.79 Å². The van der Waals surface area contributed by atoms with Crippen LogP contribution in [-0.4, -0.2) is 9.78 Å². The number of hydrogen-bond donors (Lipinski definition) is 1. The zero-order valence-electron chi connectivity index (χ0n) is 9.87. The SMILES string of the molecule is Cc1c(Nc2ccc(Br)cc2F)cnn(C)c1=O. The molecule has 1 N–H and O–H groups in total. The van der Waals surface area contributed by atoms with Gasteiger partial charge in [0.25, 0.3) is 5.56 Å². The van der Waals surface area contributed by atoms with Gasteiger partial charge in [-0.2, -0.15) is 5.10 Å². The van der Waals surface area contributed by atoms with Gasteiger partial charge < -0.3 is 5.32 Å². The van der Waals surface area contributed by atoms with E-state index in [1.165, 1.54) is 16.9 Å². The van der Waals surface area contributed by atoms with Gasteiger partial charge in [0.1, 0.15) is 5.82 Å². The highest BCUT2D eigenvalue weighted by Gasteiger charge is 2.08. The van der Waals surface area contributed by atoms with Crippen molar-refractivity contribution in [1.29, 1.82) is 0 Å². The topological polar surface area (TPSA) is 46.9 Å². The van der Waals surface area contributed by atoms with Gasteiger partial charge in [0, 0.05) is 17.1 Å². The molecule has 94 valence electrons. The normalized spacial score (nSPS) is 10.4. The third-order valence-corrected chi connectivity index (χ3v) is 3.07. The summed E-state index contributed by atoms with van der Waals surface area (Å²) in [4.78, 5) is 11.7. The van der Waals surface area contributed by atoms with E-state index in [4.69, 9.17) is 0 Å². The van der Waals surface area contributed by atoms with Crippen LogP contribution >= 0.6 is 15.9 Å². The highest BCUT2D eigenvalue weighted by Crippen LogP contribution is 2.23. The van der Waals surface area contributed by atoms with Crippen LogP contribution in [0.3, 0.4) is 0 Å². The van der Waals surface area contributed by atoms with Gasteiger partial charge in [0.15, 0.2) is 0 Å². The third kappa shape index (κ3) is 2.43. The van der Waals surface area contributed by atoms with E-state index in [-0.39, 0.29) is 5.56 Å². The maximum absolute atomic E-state index is 13.7. The monoisotopic (exact) mass is 311 g/mol. The van der Waals surface area contributed by atoms with Crippen LogP contribution in [0.2, 0.25) is 0 Å². The summed E-state index contributed by atoms with van der Waals surface area (Å²) in [6.45, 7) is 1.67. The molecule has 0 spiro atoms. The Hall–Kier alpha value is -1.69. The second-order valence-electron chi connectivity index (χ2n) is 3.86. The summed E-state index contributed by atoms with van der Waals surface area (Å²) in [5.74, 6) is -0.399. The molecule has 0 bridgehead atoms. The van der Waals surface area contributed by atoms with Gasteiger partial charge in [-0.15, -0.1) is 0 Å². The quantitative estimate of drug-likeness (QED) is 0.927. The minimum absolute atomic E-state index is 0.211. The lowest BCUT2D eigenvalue weighted by molar-refractivity contribution is 0.631. The Morgan fingerprint density at radius 2 is 2.11 bits per heavy atom. The number of halogens is 2. The molecule has 0 unspecified atom stereocenters. The zero-order chi connectivity index (χ0) is 13.3. The number of nitrogens with zero attached hydrogens (tertiary/aromatic N) is 2. The highest BCUT2D eigenvalue weighted by molar-refractivity contribution is 9.10. The molecule has 1 aromatic carbocycles. The average Bonchev–Trinajstić information content (AvgIpc) is 2.33. The largest absolute Gasteiger partial charge is 0.351 e. The molecule has 6 heteroatoms. The van der Waals surface area contributed by atoms with E-state index in [1.54, 1.807) is 26.1 Å². The van der Waals surface area contributed by atoms with Crippen LogP contribution in [-0.2, 0) is 7.05 Å². The number of aromatic nitrogens is 2. The lowest BCUT2D eigenvalue weighted by atomic mass is 10.2.